The lowest BCUT2D eigenvalue weighted by Gasteiger charge is -2.23. The first-order valence-corrected chi connectivity index (χ1v) is 11.1. The van der Waals surface area contributed by atoms with Crippen molar-refractivity contribution in [2.24, 2.45) is 0 Å². The van der Waals surface area contributed by atoms with Gasteiger partial charge in [0.05, 0.1) is 22.4 Å². The van der Waals surface area contributed by atoms with Gasteiger partial charge in [-0.05, 0) is 43.5 Å². The number of rotatable bonds is 9. The second-order valence-electron chi connectivity index (χ2n) is 6.80. The van der Waals surface area contributed by atoms with Gasteiger partial charge in [0.1, 0.15) is 6.54 Å². The highest BCUT2D eigenvalue weighted by Gasteiger charge is 2.25. The van der Waals surface area contributed by atoms with Gasteiger partial charge in [0.2, 0.25) is 15.9 Å². The van der Waals surface area contributed by atoms with Gasteiger partial charge in [0.25, 0.3) is 5.69 Å². The molecule has 1 amide bonds. The molecule has 9 heteroatoms. The number of carbonyl (C=O) groups excluding carboxylic acids is 1. The Kier molecular flexibility index (Phi) is 7.33. The van der Waals surface area contributed by atoms with Gasteiger partial charge in [0.15, 0.2) is 0 Å². The molecule has 0 spiro atoms. The third-order valence-corrected chi connectivity index (χ3v) is 5.61. The standard InChI is InChI=1S/C20H25N3O5S/c1-4-5-7-16-10-12-17(13-11-16)21-20(24)14-22(29(3,27)28)18-8-6-9-19(15(18)2)23(25)26/h6,8-13H,4-5,7,14H2,1-3H3,(H,21,24). The van der Waals surface area contributed by atoms with Crippen LogP contribution in [-0.2, 0) is 21.2 Å². The van der Waals surface area contributed by atoms with E-state index in [0.29, 0.717) is 5.69 Å². The third kappa shape index (κ3) is 6.02. The Balaban J connectivity index is 2.20. The zero-order chi connectivity index (χ0) is 21.6. The van der Waals surface area contributed by atoms with E-state index >= 15 is 0 Å². The minimum atomic E-state index is -3.84. The molecule has 0 aliphatic rings. The molecule has 0 atom stereocenters. The van der Waals surface area contributed by atoms with E-state index in [1.807, 2.05) is 12.1 Å². The summed E-state index contributed by atoms with van der Waals surface area (Å²) < 4.78 is 25.4. The van der Waals surface area contributed by atoms with Crippen molar-refractivity contribution in [3.05, 3.63) is 63.7 Å². The first-order chi connectivity index (χ1) is 13.6. The molecule has 2 rings (SSSR count). The molecule has 2 aromatic rings. The number of nitro benzene ring substituents is 1. The van der Waals surface area contributed by atoms with Crippen molar-refractivity contribution in [1.82, 2.24) is 0 Å². The Hall–Kier alpha value is -2.94. The number of nitro groups is 1. The predicted octanol–water partition coefficient (Wildman–Crippen LogP) is 3.65. The molecule has 8 nitrogen and oxygen atoms in total. The van der Waals surface area contributed by atoms with Crippen LogP contribution in [0.4, 0.5) is 17.1 Å². The number of hydrogen-bond donors (Lipinski definition) is 1. The molecule has 0 aromatic heterocycles. The quantitative estimate of drug-likeness (QED) is 0.493. The maximum Gasteiger partial charge on any atom is 0.274 e. The summed E-state index contributed by atoms with van der Waals surface area (Å²) in [6.07, 6.45) is 4.09. The Morgan fingerprint density at radius 3 is 2.38 bits per heavy atom. The average molecular weight is 420 g/mol. The minimum absolute atomic E-state index is 0.103. The minimum Gasteiger partial charge on any atom is -0.325 e. The van der Waals surface area contributed by atoms with Crippen molar-refractivity contribution in [1.29, 1.82) is 0 Å². The summed E-state index contributed by atoms with van der Waals surface area (Å²) in [5, 5.41) is 13.8. The van der Waals surface area contributed by atoms with Crippen LogP contribution in [0, 0.1) is 17.0 Å². The van der Waals surface area contributed by atoms with Crippen LogP contribution >= 0.6 is 0 Å². The molecule has 0 aliphatic heterocycles. The molecule has 1 N–H and O–H groups in total. The van der Waals surface area contributed by atoms with Crippen LogP contribution in [0.1, 0.15) is 30.9 Å². The number of anilines is 2. The summed E-state index contributed by atoms with van der Waals surface area (Å²) in [6.45, 7) is 3.09. The fraction of sp³-hybridized carbons (Fsp3) is 0.350. The predicted molar refractivity (Wildman–Crippen MR) is 114 cm³/mol. The lowest BCUT2D eigenvalue weighted by Crippen LogP contribution is -2.38. The highest BCUT2D eigenvalue weighted by Crippen LogP contribution is 2.29. The summed E-state index contributed by atoms with van der Waals surface area (Å²) >= 11 is 0. The second kappa shape index (κ2) is 9.51. The SMILES string of the molecule is CCCCc1ccc(NC(=O)CN(c2cccc([N+](=O)[O-])c2C)S(C)(=O)=O)cc1. The molecular formula is C20H25N3O5S. The summed E-state index contributed by atoms with van der Waals surface area (Å²) in [5.74, 6) is -0.539. The lowest BCUT2D eigenvalue weighted by atomic mass is 10.1. The van der Waals surface area contributed by atoms with Crippen LogP contribution in [0.5, 0.6) is 0 Å². The summed E-state index contributed by atoms with van der Waals surface area (Å²) in [6, 6.07) is 11.5. The number of benzene rings is 2. The van der Waals surface area contributed by atoms with Crippen molar-refractivity contribution in [3.63, 3.8) is 0 Å². The third-order valence-electron chi connectivity index (χ3n) is 4.49. The zero-order valence-corrected chi connectivity index (χ0v) is 17.5. The van der Waals surface area contributed by atoms with Crippen molar-refractivity contribution in [2.75, 3.05) is 22.4 Å². The molecule has 0 fully saturated rings. The second-order valence-corrected chi connectivity index (χ2v) is 8.70. The van der Waals surface area contributed by atoms with E-state index in [4.69, 9.17) is 0 Å². The highest BCUT2D eigenvalue weighted by atomic mass is 32.2. The molecule has 2 aromatic carbocycles. The first-order valence-electron chi connectivity index (χ1n) is 9.24. The van der Waals surface area contributed by atoms with E-state index in [9.17, 15) is 23.3 Å². The number of nitrogens with one attached hydrogen (secondary N) is 1. The van der Waals surface area contributed by atoms with Crippen LogP contribution in [0.3, 0.4) is 0 Å². The van der Waals surface area contributed by atoms with Crippen molar-refractivity contribution < 1.29 is 18.1 Å². The van der Waals surface area contributed by atoms with Gasteiger partial charge in [-0.1, -0.05) is 31.5 Å². The van der Waals surface area contributed by atoms with Crippen LogP contribution in [0.15, 0.2) is 42.5 Å². The fourth-order valence-electron chi connectivity index (χ4n) is 2.93. The van der Waals surface area contributed by atoms with Crippen LogP contribution < -0.4 is 9.62 Å². The van der Waals surface area contributed by atoms with Crippen LogP contribution in [0.2, 0.25) is 0 Å². The monoisotopic (exact) mass is 419 g/mol. The van der Waals surface area contributed by atoms with Gasteiger partial charge in [-0.15, -0.1) is 0 Å². The normalized spacial score (nSPS) is 11.1. The highest BCUT2D eigenvalue weighted by molar-refractivity contribution is 7.92. The molecule has 0 saturated carbocycles. The average Bonchev–Trinajstić information content (AvgIpc) is 2.65. The molecule has 0 aliphatic carbocycles. The molecule has 29 heavy (non-hydrogen) atoms. The van der Waals surface area contributed by atoms with Crippen LogP contribution in [-0.4, -0.2) is 32.0 Å². The van der Waals surface area contributed by atoms with Gasteiger partial charge in [0, 0.05) is 11.8 Å². The van der Waals surface area contributed by atoms with Gasteiger partial charge in [-0.2, -0.15) is 0 Å². The smallest absolute Gasteiger partial charge is 0.274 e. The fourth-order valence-corrected chi connectivity index (χ4v) is 3.83. The molecule has 156 valence electrons. The summed E-state index contributed by atoms with van der Waals surface area (Å²) in [5.41, 5.74) is 1.79. The number of sulfonamides is 1. The zero-order valence-electron chi connectivity index (χ0n) is 16.7. The molecule has 0 saturated heterocycles. The number of hydrogen-bond acceptors (Lipinski definition) is 5. The van der Waals surface area contributed by atoms with Crippen molar-refractivity contribution >= 4 is 33.0 Å². The van der Waals surface area contributed by atoms with E-state index in [2.05, 4.69) is 12.2 Å². The lowest BCUT2D eigenvalue weighted by molar-refractivity contribution is -0.385. The largest absolute Gasteiger partial charge is 0.325 e. The summed E-state index contributed by atoms with van der Waals surface area (Å²) in [7, 11) is -3.84. The number of unbranched alkanes of at least 4 members (excludes halogenated alkanes) is 1. The summed E-state index contributed by atoms with van der Waals surface area (Å²) in [4.78, 5) is 23.1. The molecular weight excluding hydrogens is 394 g/mol. The van der Waals surface area contributed by atoms with E-state index in [1.165, 1.54) is 25.1 Å². The van der Waals surface area contributed by atoms with Gasteiger partial charge in [-0.3, -0.25) is 19.2 Å². The topological polar surface area (TPSA) is 110 Å². The van der Waals surface area contributed by atoms with Gasteiger partial charge < -0.3 is 5.32 Å². The Morgan fingerprint density at radius 2 is 1.83 bits per heavy atom. The maximum atomic E-state index is 12.5. The molecule has 0 radical (unpaired) electrons. The Labute approximate surface area is 170 Å². The van der Waals surface area contributed by atoms with Gasteiger partial charge in [-0.25, -0.2) is 8.42 Å². The Bertz CT molecular complexity index is 988. The number of nitrogens with zero attached hydrogens (tertiary/aromatic N) is 2. The van der Waals surface area contributed by atoms with Gasteiger partial charge >= 0.3 is 0 Å². The van der Waals surface area contributed by atoms with E-state index in [1.54, 1.807) is 12.1 Å². The maximum absolute atomic E-state index is 12.5. The van der Waals surface area contributed by atoms with Crippen molar-refractivity contribution in [3.8, 4) is 0 Å². The molecule has 0 unspecified atom stereocenters. The van der Waals surface area contributed by atoms with Crippen molar-refractivity contribution in [2.45, 2.75) is 33.1 Å². The number of carbonyl (C=O) groups is 1. The van der Waals surface area contributed by atoms with E-state index in [0.717, 1.165) is 35.4 Å². The van der Waals surface area contributed by atoms with E-state index < -0.39 is 27.4 Å². The molecule has 0 bridgehead atoms. The van der Waals surface area contributed by atoms with E-state index in [-0.39, 0.29) is 16.9 Å². The van der Waals surface area contributed by atoms with Crippen LogP contribution in [0.25, 0.3) is 0 Å². The molecule has 0 heterocycles. The number of aryl methyl sites for hydroxylation is 1. The number of amides is 1. The first kappa shape index (κ1) is 22.4. The Morgan fingerprint density at radius 1 is 1.17 bits per heavy atom.